The summed E-state index contributed by atoms with van der Waals surface area (Å²) in [5, 5.41) is 4.98. The van der Waals surface area contributed by atoms with Crippen LogP contribution in [-0.2, 0) is 17.8 Å². The Hall–Kier alpha value is -3.12. The van der Waals surface area contributed by atoms with E-state index in [2.05, 4.69) is 37.4 Å². The maximum atomic E-state index is 12.5. The molecule has 0 bridgehead atoms. The summed E-state index contributed by atoms with van der Waals surface area (Å²) < 4.78 is 7.35. The van der Waals surface area contributed by atoms with Gasteiger partial charge in [0.25, 0.3) is 0 Å². The van der Waals surface area contributed by atoms with Crippen molar-refractivity contribution in [2.45, 2.75) is 26.8 Å². The van der Waals surface area contributed by atoms with Crippen LogP contribution in [-0.4, -0.2) is 22.4 Å². The molecule has 5 nitrogen and oxygen atoms in total. The van der Waals surface area contributed by atoms with Gasteiger partial charge >= 0.3 is 0 Å². The minimum atomic E-state index is -0.0305. The number of hydrogen-bond acceptors (Lipinski definition) is 4. The van der Waals surface area contributed by atoms with Gasteiger partial charge in [-0.1, -0.05) is 30.3 Å². The number of aryl methyl sites for hydroxylation is 2. The summed E-state index contributed by atoms with van der Waals surface area (Å²) in [5.41, 5.74) is 6.42. The standard InChI is InChI=1S/C23H23N3O2S/c1-15-8-9-17(10-16(15)2)20-13-26-19(14-29-23(26)25-20)11-22(27)24-12-18-6-4-5-7-21(18)28-3/h4-10,13-14H,11-12H2,1-3H3,(H,24,27). The number of nitrogens with one attached hydrogen (secondary N) is 1. The van der Waals surface area contributed by atoms with Crippen molar-refractivity contribution in [3.63, 3.8) is 0 Å². The molecule has 0 spiro atoms. The van der Waals surface area contributed by atoms with E-state index < -0.39 is 0 Å². The van der Waals surface area contributed by atoms with Crippen molar-refractivity contribution in [1.29, 1.82) is 0 Å². The van der Waals surface area contributed by atoms with Gasteiger partial charge in [-0.2, -0.15) is 0 Å². The van der Waals surface area contributed by atoms with Crippen molar-refractivity contribution in [2.75, 3.05) is 7.11 Å². The number of methoxy groups -OCH3 is 1. The summed E-state index contributed by atoms with van der Waals surface area (Å²) in [6.07, 6.45) is 2.32. The number of imidazole rings is 1. The fraction of sp³-hybridized carbons (Fsp3) is 0.217. The highest BCUT2D eigenvalue weighted by atomic mass is 32.1. The van der Waals surface area contributed by atoms with Crippen LogP contribution >= 0.6 is 11.3 Å². The highest BCUT2D eigenvalue weighted by Gasteiger charge is 2.13. The van der Waals surface area contributed by atoms with Crippen LogP contribution in [0, 0.1) is 13.8 Å². The molecule has 0 aliphatic carbocycles. The Bertz CT molecular complexity index is 1180. The molecule has 0 saturated carbocycles. The van der Waals surface area contributed by atoms with Crippen LogP contribution in [0.3, 0.4) is 0 Å². The maximum Gasteiger partial charge on any atom is 0.226 e. The zero-order valence-electron chi connectivity index (χ0n) is 16.7. The van der Waals surface area contributed by atoms with E-state index in [1.165, 1.54) is 11.1 Å². The first-order chi connectivity index (χ1) is 14.0. The molecule has 0 aliphatic rings. The third-order valence-corrected chi connectivity index (χ3v) is 5.98. The molecule has 0 fully saturated rings. The summed E-state index contributed by atoms with van der Waals surface area (Å²) in [5.74, 6) is 0.746. The number of fused-ring (bicyclic) bond motifs is 1. The van der Waals surface area contributed by atoms with E-state index in [0.29, 0.717) is 13.0 Å². The predicted molar refractivity (Wildman–Crippen MR) is 117 cm³/mol. The second-order valence-corrected chi connectivity index (χ2v) is 7.91. The molecule has 1 amide bonds. The van der Waals surface area contributed by atoms with E-state index in [4.69, 9.17) is 9.72 Å². The predicted octanol–water partition coefficient (Wildman–Crippen LogP) is 4.55. The van der Waals surface area contributed by atoms with E-state index in [0.717, 1.165) is 33.2 Å². The number of aromatic nitrogens is 2. The van der Waals surface area contributed by atoms with E-state index in [1.54, 1.807) is 18.4 Å². The van der Waals surface area contributed by atoms with Crippen LogP contribution in [0.5, 0.6) is 5.75 Å². The second kappa shape index (κ2) is 8.09. The number of amides is 1. The Morgan fingerprint density at radius 3 is 2.79 bits per heavy atom. The van der Waals surface area contributed by atoms with Crippen molar-refractivity contribution in [3.8, 4) is 17.0 Å². The topological polar surface area (TPSA) is 55.6 Å². The first-order valence-electron chi connectivity index (χ1n) is 9.47. The van der Waals surface area contributed by atoms with E-state index in [1.807, 2.05) is 40.2 Å². The van der Waals surface area contributed by atoms with Gasteiger partial charge < -0.3 is 10.1 Å². The molecule has 0 saturated heterocycles. The molecule has 29 heavy (non-hydrogen) atoms. The number of thiazole rings is 1. The van der Waals surface area contributed by atoms with Gasteiger partial charge in [0.2, 0.25) is 5.91 Å². The monoisotopic (exact) mass is 405 g/mol. The van der Waals surface area contributed by atoms with Crippen LogP contribution in [0.15, 0.2) is 54.0 Å². The van der Waals surface area contributed by atoms with Gasteiger partial charge in [-0.3, -0.25) is 9.20 Å². The molecule has 0 aliphatic heterocycles. The number of benzene rings is 2. The minimum absolute atomic E-state index is 0.0305. The number of nitrogens with zero attached hydrogens (tertiary/aromatic N) is 2. The minimum Gasteiger partial charge on any atom is -0.496 e. The summed E-state index contributed by atoms with van der Waals surface area (Å²) >= 11 is 1.55. The highest BCUT2D eigenvalue weighted by Crippen LogP contribution is 2.25. The summed E-state index contributed by atoms with van der Waals surface area (Å²) in [7, 11) is 1.63. The van der Waals surface area contributed by atoms with Gasteiger partial charge in [0.1, 0.15) is 5.75 Å². The smallest absolute Gasteiger partial charge is 0.226 e. The van der Waals surface area contributed by atoms with Crippen LogP contribution in [0.4, 0.5) is 0 Å². The molecule has 2 aromatic carbocycles. The summed E-state index contributed by atoms with van der Waals surface area (Å²) in [6, 6.07) is 14.1. The van der Waals surface area contributed by atoms with Gasteiger partial charge in [0, 0.05) is 34.9 Å². The van der Waals surface area contributed by atoms with Gasteiger partial charge in [0.05, 0.1) is 19.2 Å². The van der Waals surface area contributed by atoms with Crippen LogP contribution in [0.2, 0.25) is 0 Å². The third-order valence-electron chi connectivity index (χ3n) is 5.10. The first kappa shape index (κ1) is 19.2. The third kappa shape index (κ3) is 4.03. The Morgan fingerprint density at radius 1 is 1.17 bits per heavy atom. The molecule has 0 radical (unpaired) electrons. The highest BCUT2D eigenvalue weighted by molar-refractivity contribution is 7.15. The lowest BCUT2D eigenvalue weighted by molar-refractivity contribution is -0.120. The lowest BCUT2D eigenvalue weighted by atomic mass is 10.0. The van der Waals surface area contributed by atoms with Crippen LogP contribution in [0.25, 0.3) is 16.2 Å². The number of carbonyl (C=O) groups is 1. The van der Waals surface area contributed by atoms with Gasteiger partial charge in [0.15, 0.2) is 4.96 Å². The Morgan fingerprint density at radius 2 is 2.00 bits per heavy atom. The maximum absolute atomic E-state index is 12.5. The average molecular weight is 406 g/mol. The average Bonchev–Trinajstić information content (AvgIpc) is 3.30. The lowest BCUT2D eigenvalue weighted by Gasteiger charge is -2.09. The molecule has 148 valence electrons. The first-order valence-corrected chi connectivity index (χ1v) is 10.3. The molecule has 0 atom stereocenters. The molecular weight excluding hydrogens is 382 g/mol. The second-order valence-electron chi connectivity index (χ2n) is 7.07. The van der Waals surface area contributed by atoms with E-state index >= 15 is 0 Å². The number of ether oxygens (including phenoxy) is 1. The quantitative estimate of drug-likeness (QED) is 0.512. The fourth-order valence-electron chi connectivity index (χ4n) is 3.27. The van der Waals surface area contributed by atoms with Gasteiger partial charge in [-0.15, -0.1) is 11.3 Å². The molecule has 2 aromatic heterocycles. The lowest BCUT2D eigenvalue weighted by Crippen LogP contribution is -2.25. The summed E-state index contributed by atoms with van der Waals surface area (Å²) in [4.78, 5) is 18.1. The normalized spacial score (nSPS) is 11.0. The Labute approximate surface area is 174 Å². The number of carbonyl (C=O) groups excluding carboxylic acids is 1. The number of rotatable bonds is 6. The number of hydrogen-bond donors (Lipinski definition) is 1. The van der Waals surface area contributed by atoms with Gasteiger partial charge in [-0.25, -0.2) is 4.98 Å². The largest absolute Gasteiger partial charge is 0.496 e. The molecular formula is C23H23N3O2S. The Balaban J connectivity index is 1.48. The fourth-order valence-corrected chi connectivity index (χ4v) is 4.14. The molecule has 4 rings (SSSR count). The van der Waals surface area contributed by atoms with Gasteiger partial charge in [-0.05, 0) is 37.1 Å². The number of para-hydroxylation sites is 1. The van der Waals surface area contributed by atoms with Crippen molar-refractivity contribution in [3.05, 3.63) is 76.4 Å². The van der Waals surface area contributed by atoms with Crippen molar-refractivity contribution < 1.29 is 9.53 Å². The zero-order chi connectivity index (χ0) is 20.4. The Kier molecular flexibility index (Phi) is 5.36. The zero-order valence-corrected chi connectivity index (χ0v) is 17.5. The van der Waals surface area contributed by atoms with Crippen molar-refractivity contribution >= 4 is 22.2 Å². The van der Waals surface area contributed by atoms with Crippen LogP contribution in [0.1, 0.15) is 22.4 Å². The summed E-state index contributed by atoms with van der Waals surface area (Å²) in [6.45, 7) is 4.65. The molecule has 4 aromatic rings. The van der Waals surface area contributed by atoms with E-state index in [-0.39, 0.29) is 5.91 Å². The SMILES string of the molecule is COc1ccccc1CNC(=O)Cc1csc2nc(-c3ccc(C)c(C)c3)cn12. The molecule has 6 heteroatoms. The molecule has 1 N–H and O–H groups in total. The van der Waals surface area contributed by atoms with Crippen molar-refractivity contribution in [1.82, 2.24) is 14.7 Å². The van der Waals surface area contributed by atoms with E-state index in [9.17, 15) is 4.79 Å². The molecule has 2 heterocycles. The van der Waals surface area contributed by atoms with Crippen LogP contribution < -0.4 is 10.1 Å². The molecule has 0 unspecified atom stereocenters. The van der Waals surface area contributed by atoms with Crippen molar-refractivity contribution in [2.24, 2.45) is 0 Å².